The highest BCUT2D eigenvalue weighted by Crippen LogP contribution is 2.49. The van der Waals surface area contributed by atoms with Crippen molar-refractivity contribution in [3.8, 4) is 0 Å². The molecule has 18 heavy (non-hydrogen) atoms. The Morgan fingerprint density at radius 3 is 2.44 bits per heavy atom. The van der Waals surface area contributed by atoms with Crippen LogP contribution >= 0.6 is 11.6 Å². The Morgan fingerprint density at radius 2 is 1.83 bits per heavy atom. The van der Waals surface area contributed by atoms with Crippen LogP contribution in [-0.2, 0) is 0 Å². The van der Waals surface area contributed by atoms with Crippen LogP contribution in [0.5, 0.6) is 0 Å². The summed E-state index contributed by atoms with van der Waals surface area (Å²) in [5.41, 5.74) is 1.50. The van der Waals surface area contributed by atoms with Crippen LogP contribution in [0, 0.1) is 5.92 Å². The fourth-order valence-corrected chi connectivity index (χ4v) is 3.83. The number of rotatable bonds is 4. The second-order valence-corrected chi connectivity index (χ2v) is 6.59. The van der Waals surface area contributed by atoms with E-state index in [9.17, 15) is 0 Å². The van der Waals surface area contributed by atoms with E-state index < -0.39 is 0 Å². The highest BCUT2D eigenvalue weighted by molar-refractivity contribution is 6.30. The number of quaternary nitrogens is 1. The van der Waals surface area contributed by atoms with Crippen molar-refractivity contribution >= 4 is 11.6 Å². The van der Waals surface area contributed by atoms with Gasteiger partial charge in [0.1, 0.15) is 0 Å². The van der Waals surface area contributed by atoms with E-state index in [0.29, 0.717) is 0 Å². The highest BCUT2D eigenvalue weighted by Gasteiger charge is 2.45. The third-order valence-corrected chi connectivity index (χ3v) is 5.28. The molecule has 2 unspecified atom stereocenters. The van der Waals surface area contributed by atoms with Gasteiger partial charge in [0.25, 0.3) is 0 Å². The molecule has 98 valence electrons. The third-order valence-electron chi connectivity index (χ3n) is 5.03. The van der Waals surface area contributed by atoms with Gasteiger partial charge in [0, 0.05) is 23.8 Å². The first-order chi connectivity index (χ1) is 8.72. The number of benzene rings is 1. The molecule has 1 nitrogen and oxygen atoms in total. The van der Waals surface area contributed by atoms with E-state index in [1.807, 2.05) is 12.1 Å². The molecular formula is C16H23ClN+. The second-order valence-electron chi connectivity index (χ2n) is 6.15. The molecule has 1 saturated carbocycles. The van der Waals surface area contributed by atoms with Gasteiger partial charge in [-0.05, 0) is 37.0 Å². The summed E-state index contributed by atoms with van der Waals surface area (Å²) < 4.78 is 1.38. The second kappa shape index (κ2) is 4.86. The smallest absolute Gasteiger partial charge is 0.0821 e. The van der Waals surface area contributed by atoms with Gasteiger partial charge >= 0.3 is 0 Å². The van der Waals surface area contributed by atoms with Gasteiger partial charge in [-0.3, -0.25) is 0 Å². The van der Waals surface area contributed by atoms with Gasteiger partial charge in [0.2, 0.25) is 0 Å². The van der Waals surface area contributed by atoms with Gasteiger partial charge in [-0.2, -0.15) is 0 Å². The Labute approximate surface area is 115 Å². The first-order valence-corrected chi connectivity index (χ1v) is 7.71. The molecule has 3 rings (SSSR count). The number of halogens is 1. The fourth-order valence-electron chi connectivity index (χ4n) is 3.70. The van der Waals surface area contributed by atoms with Crippen LogP contribution < -0.4 is 0 Å². The van der Waals surface area contributed by atoms with Crippen molar-refractivity contribution in [2.24, 2.45) is 5.92 Å². The molecule has 1 heterocycles. The summed E-state index contributed by atoms with van der Waals surface area (Å²) in [5, 5.41) is 0.854. The molecule has 0 radical (unpaired) electrons. The van der Waals surface area contributed by atoms with Crippen molar-refractivity contribution in [1.29, 1.82) is 0 Å². The molecular weight excluding hydrogens is 242 g/mol. The predicted octanol–water partition coefficient (Wildman–Crippen LogP) is 4.07. The number of likely N-dealkylation sites (tertiary alicyclic amines) is 1. The minimum Gasteiger partial charge on any atom is -0.324 e. The van der Waals surface area contributed by atoms with Crippen molar-refractivity contribution in [3.05, 3.63) is 34.9 Å². The summed E-state index contributed by atoms with van der Waals surface area (Å²) in [7, 11) is 0. The molecule has 1 saturated heterocycles. The van der Waals surface area contributed by atoms with E-state index >= 15 is 0 Å². The van der Waals surface area contributed by atoms with Crippen LogP contribution in [0.3, 0.4) is 0 Å². The standard InChI is InChI=1S/C16H23ClN/c1-2-18(9-3-4-10-18)12-14-11-16(14)13-5-7-15(17)8-6-13/h5-8,14,16H,2-4,9-12H2,1H3/q+1. The lowest BCUT2D eigenvalue weighted by Crippen LogP contribution is -2.46. The zero-order chi connectivity index (χ0) is 12.6. The molecule has 0 amide bonds. The third kappa shape index (κ3) is 2.44. The molecule has 2 heteroatoms. The van der Waals surface area contributed by atoms with Crippen molar-refractivity contribution in [1.82, 2.24) is 0 Å². The van der Waals surface area contributed by atoms with Gasteiger partial charge in [0.15, 0.2) is 0 Å². The monoisotopic (exact) mass is 264 g/mol. The van der Waals surface area contributed by atoms with Gasteiger partial charge in [-0.15, -0.1) is 0 Å². The van der Waals surface area contributed by atoms with Crippen LogP contribution in [0.15, 0.2) is 24.3 Å². The molecule has 2 fully saturated rings. The first-order valence-electron chi connectivity index (χ1n) is 7.33. The van der Waals surface area contributed by atoms with Crippen LogP contribution in [-0.4, -0.2) is 30.7 Å². The minimum absolute atomic E-state index is 0.810. The molecule has 0 bridgehead atoms. The van der Waals surface area contributed by atoms with Gasteiger partial charge in [-0.25, -0.2) is 0 Å². The number of hydrogen-bond donors (Lipinski definition) is 0. The first kappa shape index (κ1) is 12.5. The fraction of sp³-hybridized carbons (Fsp3) is 0.625. The molecule has 1 aromatic carbocycles. The Bertz CT molecular complexity index is 406. The summed E-state index contributed by atoms with van der Waals surface area (Å²) in [5.74, 6) is 1.73. The predicted molar refractivity (Wildman–Crippen MR) is 76.9 cm³/mol. The van der Waals surface area contributed by atoms with E-state index in [-0.39, 0.29) is 0 Å². The van der Waals surface area contributed by atoms with E-state index in [2.05, 4.69) is 19.1 Å². The SMILES string of the molecule is CC[N+]1(CC2CC2c2ccc(Cl)cc2)CCCC1. The minimum atomic E-state index is 0.810. The summed E-state index contributed by atoms with van der Waals surface area (Å²) >= 11 is 5.95. The van der Waals surface area contributed by atoms with Crippen molar-refractivity contribution in [2.75, 3.05) is 26.2 Å². The Morgan fingerprint density at radius 1 is 1.17 bits per heavy atom. The molecule has 1 aromatic rings. The maximum atomic E-state index is 5.95. The van der Waals surface area contributed by atoms with E-state index in [1.165, 1.54) is 55.5 Å². The van der Waals surface area contributed by atoms with Crippen LogP contribution in [0.25, 0.3) is 0 Å². The van der Waals surface area contributed by atoms with Crippen LogP contribution in [0.2, 0.25) is 5.02 Å². The normalized spacial score (nSPS) is 29.4. The molecule has 1 aliphatic carbocycles. The van der Waals surface area contributed by atoms with Gasteiger partial charge < -0.3 is 4.48 Å². The van der Waals surface area contributed by atoms with Crippen LogP contribution in [0.4, 0.5) is 0 Å². The number of nitrogens with zero attached hydrogens (tertiary/aromatic N) is 1. The molecule has 0 aromatic heterocycles. The summed E-state index contributed by atoms with van der Waals surface area (Å²) in [4.78, 5) is 0. The molecule has 1 aliphatic heterocycles. The largest absolute Gasteiger partial charge is 0.324 e. The molecule has 0 spiro atoms. The molecule has 2 aliphatic rings. The average Bonchev–Trinajstić information content (AvgIpc) is 2.98. The highest BCUT2D eigenvalue weighted by atomic mass is 35.5. The van der Waals surface area contributed by atoms with E-state index in [1.54, 1.807) is 0 Å². The lowest BCUT2D eigenvalue weighted by atomic mass is 10.1. The maximum Gasteiger partial charge on any atom is 0.0821 e. The summed E-state index contributed by atoms with van der Waals surface area (Å²) in [6.45, 7) is 7.93. The van der Waals surface area contributed by atoms with E-state index in [0.717, 1.165) is 16.9 Å². The van der Waals surface area contributed by atoms with Crippen LogP contribution in [0.1, 0.15) is 37.7 Å². The number of hydrogen-bond acceptors (Lipinski definition) is 0. The Balaban J connectivity index is 1.62. The molecule has 2 atom stereocenters. The zero-order valence-electron chi connectivity index (χ0n) is 11.2. The van der Waals surface area contributed by atoms with E-state index in [4.69, 9.17) is 11.6 Å². The zero-order valence-corrected chi connectivity index (χ0v) is 12.0. The average molecular weight is 265 g/mol. The lowest BCUT2D eigenvalue weighted by Gasteiger charge is -2.33. The van der Waals surface area contributed by atoms with Gasteiger partial charge in [0.05, 0.1) is 26.2 Å². The van der Waals surface area contributed by atoms with Crippen molar-refractivity contribution < 1.29 is 4.48 Å². The Hall–Kier alpha value is -0.530. The topological polar surface area (TPSA) is 0 Å². The maximum absolute atomic E-state index is 5.95. The van der Waals surface area contributed by atoms with Gasteiger partial charge in [-0.1, -0.05) is 23.7 Å². The van der Waals surface area contributed by atoms with Crippen molar-refractivity contribution in [3.63, 3.8) is 0 Å². The van der Waals surface area contributed by atoms with Crippen molar-refractivity contribution in [2.45, 2.75) is 32.1 Å². The Kier molecular flexibility index (Phi) is 3.38. The molecule has 0 N–H and O–H groups in total. The quantitative estimate of drug-likeness (QED) is 0.719. The summed E-state index contributed by atoms with van der Waals surface area (Å²) in [6.07, 6.45) is 4.26. The lowest BCUT2D eigenvalue weighted by molar-refractivity contribution is -0.916. The summed E-state index contributed by atoms with van der Waals surface area (Å²) in [6, 6.07) is 8.50.